The van der Waals surface area contributed by atoms with Gasteiger partial charge in [0.25, 0.3) is 5.91 Å². The number of hydrogen-bond donors (Lipinski definition) is 1. The van der Waals surface area contributed by atoms with Gasteiger partial charge in [-0.3, -0.25) is 4.79 Å². The Morgan fingerprint density at radius 3 is 2.50 bits per heavy atom. The van der Waals surface area contributed by atoms with Crippen molar-refractivity contribution in [2.24, 2.45) is 5.41 Å². The Kier molecular flexibility index (Phi) is 5.39. The van der Waals surface area contributed by atoms with E-state index >= 15 is 0 Å². The number of fused-ring (bicyclic) bond motifs is 1. The minimum absolute atomic E-state index is 0.0767. The first kappa shape index (κ1) is 21.6. The standard InChI is InChI=1S/C26H34N4OS/c1-18-5-6-20(22(15-18)29-13-10-26(8-9-26)11-14-29)24(31)28-23-16-21-19(17-27-23)7-12-30(21)32-25(2,3)4/h5-6,15-17H,7-14H2,1-4H3,(H,27,28,31). The number of nitrogens with one attached hydrogen (secondary N) is 1. The van der Waals surface area contributed by atoms with Crippen molar-refractivity contribution in [3.05, 3.63) is 47.2 Å². The number of carbonyl (C=O) groups excluding carboxylic acids is 1. The van der Waals surface area contributed by atoms with Gasteiger partial charge in [-0.15, -0.1) is 0 Å². The van der Waals surface area contributed by atoms with Crippen molar-refractivity contribution in [3.63, 3.8) is 0 Å². The minimum atomic E-state index is -0.0767. The molecule has 1 aliphatic carbocycles. The van der Waals surface area contributed by atoms with E-state index in [2.05, 4.69) is 53.3 Å². The number of nitrogens with zero attached hydrogens (tertiary/aromatic N) is 3. The Morgan fingerprint density at radius 2 is 1.81 bits per heavy atom. The molecule has 1 spiro atoms. The lowest BCUT2D eigenvalue weighted by atomic mass is 9.92. The van der Waals surface area contributed by atoms with Crippen LogP contribution >= 0.6 is 11.9 Å². The molecule has 2 fully saturated rings. The van der Waals surface area contributed by atoms with Crippen LogP contribution in [-0.2, 0) is 6.42 Å². The molecule has 1 aromatic heterocycles. The SMILES string of the molecule is Cc1ccc(C(=O)Nc2cc3c(cn2)CCN3SC(C)(C)C)c(N2CCC3(CC2)CC3)c1. The fourth-order valence-electron chi connectivity index (χ4n) is 4.91. The number of amides is 1. The summed E-state index contributed by atoms with van der Waals surface area (Å²) in [6.07, 6.45) is 8.18. The van der Waals surface area contributed by atoms with Gasteiger partial charge in [-0.25, -0.2) is 4.98 Å². The van der Waals surface area contributed by atoms with Gasteiger partial charge in [0.2, 0.25) is 0 Å². The molecule has 0 unspecified atom stereocenters. The largest absolute Gasteiger partial charge is 0.371 e. The summed E-state index contributed by atoms with van der Waals surface area (Å²) in [7, 11) is 0. The summed E-state index contributed by atoms with van der Waals surface area (Å²) in [4.78, 5) is 20.3. The first-order valence-electron chi connectivity index (χ1n) is 11.8. The number of benzene rings is 1. The summed E-state index contributed by atoms with van der Waals surface area (Å²) in [5, 5.41) is 3.09. The predicted molar refractivity (Wildman–Crippen MR) is 135 cm³/mol. The van der Waals surface area contributed by atoms with E-state index in [1.807, 2.05) is 36.3 Å². The number of aromatic nitrogens is 1. The van der Waals surface area contributed by atoms with E-state index < -0.39 is 0 Å². The van der Waals surface area contributed by atoms with Crippen LogP contribution in [0.15, 0.2) is 30.5 Å². The maximum absolute atomic E-state index is 13.3. The fraction of sp³-hybridized carbons (Fsp3) is 0.538. The molecular formula is C26H34N4OS. The highest BCUT2D eigenvalue weighted by Crippen LogP contribution is 2.54. The summed E-state index contributed by atoms with van der Waals surface area (Å²) in [5.74, 6) is 0.546. The highest BCUT2D eigenvalue weighted by molar-refractivity contribution is 8.01. The van der Waals surface area contributed by atoms with Crippen LogP contribution in [0.2, 0.25) is 0 Å². The maximum atomic E-state index is 13.3. The van der Waals surface area contributed by atoms with Crippen LogP contribution in [0, 0.1) is 12.3 Å². The van der Waals surface area contributed by atoms with Crippen molar-refractivity contribution < 1.29 is 4.79 Å². The van der Waals surface area contributed by atoms with Crippen LogP contribution in [0.3, 0.4) is 0 Å². The van der Waals surface area contributed by atoms with Crippen LogP contribution in [0.25, 0.3) is 0 Å². The Bertz CT molecular complexity index is 1030. The summed E-state index contributed by atoms with van der Waals surface area (Å²) in [6.45, 7) is 11.8. The molecule has 1 saturated carbocycles. The van der Waals surface area contributed by atoms with Crippen LogP contribution < -0.4 is 14.5 Å². The van der Waals surface area contributed by atoms with E-state index in [9.17, 15) is 4.79 Å². The van der Waals surface area contributed by atoms with Gasteiger partial charge < -0.3 is 14.5 Å². The monoisotopic (exact) mass is 450 g/mol. The lowest BCUT2D eigenvalue weighted by Crippen LogP contribution is -2.35. The van der Waals surface area contributed by atoms with Crippen LogP contribution in [0.1, 0.15) is 67.9 Å². The highest BCUT2D eigenvalue weighted by Gasteiger charge is 2.44. The molecule has 0 radical (unpaired) electrons. The average Bonchev–Trinajstić information content (AvgIpc) is 3.38. The van der Waals surface area contributed by atoms with Crippen molar-refractivity contribution in [2.45, 2.75) is 64.5 Å². The molecule has 32 heavy (non-hydrogen) atoms. The number of rotatable bonds is 4. The molecular weight excluding hydrogens is 416 g/mol. The number of aryl methyl sites for hydroxylation is 1. The summed E-state index contributed by atoms with van der Waals surface area (Å²) >= 11 is 1.84. The van der Waals surface area contributed by atoms with Gasteiger partial charge in [-0.1, -0.05) is 6.07 Å². The van der Waals surface area contributed by atoms with Gasteiger partial charge in [0, 0.05) is 42.3 Å². The zero-order valence-corrected chi connectivity index (χ0v) is 20.5. The van der Waals surface area contributed by atoms with Gasteiger partial charge in [0.1, 0.15) is 5.82 Å². The third-order valence-corrected chi connectivity index (χ3v) is 8.11. The van der Waals surface area contributed by atoms with E-state index in [0.29, 0.717) is 11.2 Å². The first-order chi connectivity index (χ1) is 15.2. The fourth-order valence-corrected chi connectivity index (χ4v) is 6.02. The molecule has 6 heteroatoms. The summed E-state index contributed by atoms with van der Waals surface area (Å²) in [6, 6.07) is 8.20. The number of carbonyl (C=O) groups is 1. The molecule has 170 valence electrons. The normalized spacial score (nSPS) is 19.2. The van der Waals surface area contributed by atoms with Crippen molar-refractivity contribution in [1.29, 1.82) is 0 Å². The topological polar surface area (TPSA) is 48.5 Å². The number of hydrogen-bond acceptors (Lipinski definition) is 5. The zero-order chi connectivity index (χ0) is 22.5. The first-order valence-corrected chi connectivity index (χ1v) is 12.6. The third-order valence-electron chi connectivity index (χ3n) is 6.96. The van der Waals surface area contributed by atoms with Gasteiger partial charge in [0.15, 0.2) is 0 Å². The molecule has 0 bridgehead atoms. The Hall–Kier alpha value is -2.21. The van der Waals surface area contributed by atoms with Gasteiger partial charge in [-0.2, -0.15) is 0 Å². The highest BCUT2D eigenvalue weighted by atomic mass is 32.2. The Morgan fingerprint density at radius 1 is 1.06 bits per heavy atom. The van der Waals surface area contributed by atoms with E-state index in [0.717, 1.165) is 37.3 Å². The van der Waals surface area contributed by atoms with Crippen LogP contribution in [0.4, 0.5) is 17.2 Å². The summed E-state index contributed by atoms with van der Waals surface area (Å²) in [5.41, 5.74) is 6.03. The molecule has 2 aliphatic heterocycles. The maximum Gasteiger partial charge on any atom is 0.258 e. The average molecular weight is 451 g/mol. The lowest BCUT2D eigenvalue weighted by Gasteiger charge is -2.35. The predicted octanol–water partition coefficient (Wildman–Crippen LogP) is 5.83. The third kappa shape index (κ3) is 4.47. The Balaban J connectivity index is 1.35. The van der Waals surface area contributed by atoms with E-state index in [1.165, 1.54) is 42.5 Å². The molecule has 5 rings (SSSR count). The molecule has 1 N–H and O–H groups in total. The minimum Gasteiger partial charge on any atom is -0.371 e. The van der Waals surface area contributed by atoms with Gasteiger partial charge in [0.05, 0.1) is 11.3 Å². The summed E-state index contributed by atoms with van der Waals surface area (Å²) < 4.78 is 2.48. The van der Waals surface area contributed by atoms with E-state index in [1.54, 1.807) is 0 Å². The molecule has 2 aromatic rings. The van der Waals surface area contributed by atoms with Crippen molar-refractivity contribution in [1.82, 2.24) is 4.98 Å². The van der Waals surface area contributed by atoms with Crippen molar-refractivity contribution in [3.8, 4) is 0 Å². The second-order valence-electron chi connectivity index (χ2n) is 10.7. The second-order valence-corrected chi connectivity index (χ2v) is 12.6. The van der Waals surface area contributed by atoms with Crippen molar-refractivity contribution in [2.75, 3.05) is 34.2 Å². The molecule has 3 heterocycles. The van der Waals surface area contributed by atoms with Crippen molar-refractivity contribution >= 4 is 35.0 Å². The molecule has 1 amide bonds. The molecule has 1 saturated heterocycles. The molecule has 3 aliphatic rings. The smallest absolute Gasteiger partial charge is 0.258 e. The van der Waals surface area contributed by atoms with E-state index in [-0.39, 0.29) is 10.7 Å². The molecule has 5 nitrogen and oxygen atoms in total. The zero-order valence-electron chi connectivity index (χ0n) is 19.7. The molecule has 1 aromatic carbocycles. The van der Waals surface area contributed by atoms with Gasteiger partial charge >= 0.3 is 0 Å². The van der Waals surface area contributed by atoms with Gasteiger partial charge in [-0.05, 0) is 100 Å². The second kappa shape index (κ2) is 7.98. The van der Waals surface area contributed by atoms with E-state index in [4.69, 9.17) is 0 Å². The van der Waals surface area contributed by atoms with Crippen LogP contribution in [-0.4, -0.2) is 35.3 Å². The Labute approximate surface area is 196 Å². The number of pyridine rings is 1. The number of piperidine rings is 1. The lowest BCUT2D eigenvalue weighted by molar-refractivity contribution is 0.102. The van der Waals surface area contributed by atoms with Crippen LogP contribution in [0.5, 0.6) is 0 Å². The number of anilines is 3. The molecule has 0 atom stereocenters. The quantitative estimate of drug-likeness (QED) is 0.594.